The molecule has 154 valence electrons. The number of sulfonamides is 1. The van der Waals surface area contributed by atoms with Gasteiger partial charge in [-0.05, 0) is 51.3 Å². The molecule has 0 aromatic heterocycles. The minimum absolute atomic E-state index is 0. The molecule has 1 fully saturated rings. The first-order valence-corrected chi connectivity index (χ1v) is 10.8. The molecule has 2 atom stereocenters. The predicted octanol–water partition coefficient (Wildman–Crippen LogP) is 2.32. The van der Waals surface area contributed by atoms with E-state index in [0.717, 1.165) is 18.4 Å². The number of piperidine rings is 1. The average molecular weight is 418 g/mol. The van der Waals surface area contributed by atoms with E-state index in [4.69, 9.17) is 0 Å². The van der Waals surface area contributed by atoms with Crippen molar-refractivity contribution in [3.05, 3.63) is 29.8 Å². The molecule has 1 aliphatic rings. The van der Waals surface area contributed by atoms with Crippen LogP contribution in [0.2, 0.25) is 0 Å². The average Bonchev–Trinajstić information content (AvgIpc) is 2.60. The monoisotopic (exact) mass is 417 g/mol. The first kappa shape index (κ1) is 23.9. The molecule has 6 nitrogen and oxygen atoms in total. The van der Waals surface area contributed by atoms with E-state index in [2.05, 4.69) is 10.0 Å². The lowest BCUT2D eigenvalue weighted by atomic mass is 10.0. The van der Waals surface area contributed by atoms with E-state index in [9.17, 15) is 13.2 Å². The Bertz CT molecular complexity index is 707. The van der Waals surface area contributed by atoms with Gasteiger partial charge in [0.2, 0.25) is 15.9 Å². The molecule has 0 saturated carbocycles. The molecule has 0 aliphatic carbocycles. The number of amides is 1. The van der Waals surface area contributed by atoms with Crippen molar-refractivity contribution in [3.8, 4) is 0 Å². The maximum Gasteiger partial charge on any atom is 0.241 e. The zero-order chi connectivity index (χ0) is 19.3. The first-order valence-electron chi connectivity index (χ1n) is 9.28. The van der Waals surface area contributed by atoms with Gasteiger partial charge in [-0.25, -0.2) is 8.42 Å². The topological polar surface area (TPSA) is 78.5 Å². The fourth-order valence-electron chi connectivity index (χ4n) is 3.28. The van der Waals surface area contributed by atoms with Crippen LogP contribution in [0, 0.1) is 12.8 Å². The second kappa shape index (κ2) is 10.4. The number of aryl methyl sites for hydroxylation is 1. The second-order valence-electron chi connectivity index (χ2n) is 7.53. The minimum Gasteiger partial charge on any atom is -0.340 e. The minimum atomic E-state index is -3.74. The number of carbonyl (C=O) groups excluding carboxylic acids is 1. The Kier molecular flexibility index (Phi) is 9.21. The van der Waals surface area contributed by atoms with Crippen molar-refractivity contribution in [2.45, 2.75) is 57.0 Å². The Morgan fingerprint density at radius 2 is 1.89 bits per heavy atom. The molecule has 1 heterocycles. The third-order valence-electron chi connectivity index (χ3n) is 4.78. The highest BCUT2D eigenvalue weighted by molar-refractivity contribution is 7.89. The highest BCUT2D eigenvalue weighted by Gasteiger charge is 2.32. The van der Waals surface area contributed by atoms with E-state index >= 15 is 0 Å². The van der Waals surface area contributed by atoms with Gasteiger partial charge in [-0.3, -0.25) is 4.79 Å². The van der Waals surface area contributed by atoms with E-state index in [-0.39, 0.29) is 35.2 Å². The largest absolute Gasteiger partial charge is 0.340 e. The summed E-state index contributed by atoms with van der Waals surface area (Å²) in [5, 5.41) is 3.22. The molecule has 1 aliphatic heterocycles. The van der Waals surface area contributed by atoms with Gasteiger partial charge >= 0.3 is 0 Å². The Labute approximate surface area is 169 Å². The number of carbonyl (C=O) groups is 1. The quantitative estimate of drug-likeness (QED) is 0.713. The summed E-state index contributed by atoms with van der Waals surface area (Å²) < 4.78 is 28.1. The van der Waals surface area contributed by atoms with Gasteiger partial charge in [0.25, 0.3) is 0 Å². The molecule has 1 aromatic rings. The van der Waals surface area contributed by atoms with Crippen molar-refractivity contribution in [3.63, 3.8) is 0 Å². The van der Waals surface area contributed by atoms with E-state index in [0.29, 0.717) is 19.5 Å². The smallest absolute Gasteiger partial charge is 0.241 e. The maximum atomic E-state index is 13.0. The second-order valence-corrected chi connectivity index (χ2v) is 9.24. The Morgan fingerprint density at radius 3 is 2.44 bits per heavy atom. The van der Waals surface area contributed by atoms with Crippen molar-refractivity contribution in [2.24, 2.45) is 5.92 Å². The van der Waals surface area contributed by atoms with Crippen molar-refractivity contribution >= 4 is 28.3 Å². The summed E-state index contributed by atoms with van der Waals surface area (Å²) in [7, 11) is -1.84. The van der Waals surface area contributed by atoms with E-state index in [1.165, 1.54) is 0 Å². The number of nitrogens with zero attached hydrogens (tertiary/aromatic N) is 1. The van der Waals surface area contributed by atoms with E-state index < -0.39 is 16.1 Å². The van der Waals surface area contributed by atoms with Crippen LogP contribution in [-0.2, 0) is 14.8 Å². The zero-order valence-electron chi connectivity index (χ0n) is 16.6. The summed E-state index contributed by atoms with van der Waals surface area (Å²) in [6.07, 6.45) is 2.44. The predicted molar refractivity (Wildman–Crippen MR) is 111 cm³/mol. The SMILES string of the molecule is CNC1CCCN(C(=O)C(CC(C)C)NS(=O)(=O)c2ccc(C)cc2)C1.Cl. The number of likely N-dealkylation sites (tertiary alicyclic amines) is 1. The molecule has 0 radical (unpaired) electrons. The summed E-state index contributed by atoms with van der Waals surface area (Å²) >= 11 is 0. The third-order valence-corrected chi connectivity index (χ3v) is 6.26. The summed E-state index contributed by atoms with van der Waals surface area (Å²) in [5.41, 5.74) is 0.991. The number of nitrogens with one attached hydrogen (secondary N) is 2. The molecule has 1 aromatic carbocycles. The van der Waals surface area contributed by atoms with Gasteiger partial charge in [-0.2, -0.15) is 4.72 Å². The number of hydrogen-bond donors (Lipinski definition) is 2. The normalized spacial score (nSPS) is 18.9. The van der Waals surface area contributed by atoms with Gasteiger partial charge in [0.05, 0.1) is 4.90 Å². The summed E-state index contributed by atoms with van der Waals surface area (Å²) in [6, 6.07) is 6.20. The fraction of sp³-hybridized carbons (Fsp3) is 0.632. The summed E-state index contributed by atoms with van der Waals surface area (Å²) in [6.45, 7) is 7.19. The number of halogens is 1. The van der Waals surface area contributed by atoms with Crippen LogP contribution >= 0.6 is 12.4 Å². The lowest BCUT2D eigenvalue weighted by molar-refractivity contribution is -0.134. The lowest BCUT2D eigenvalue weighted by Crippen LogP contribution is -2.54. The van der Waals surface area contributed by atoms with Gasteiger partial charge in [-0.15, -0.1) is 12.4 Å². The highest BCUT2D eigenvalue weighted by atomic mass is 35.5. The van der Waals surface area contributed by atoms with Crippen molar-refractivity contribution in [1.29, 1.82) is 0 Å². The van der Waals surface area contributed by atoms with Crippen LogP contribution in [0.3, 0.4) is 0 Å². The van der Waals surface area contributed by atoms with Gasteiger partial charge in [0.15, 0.2) is 0 Å². The molecular weight excluding hydrogens is 386 g/mol. The Morgan fingerprint density at radius 1 is 1.26 bits per heavy atom. The van der Waals surface area contributed by atoms with Crippen LogP contribution in [0.15, 0.2) is 29.2 Å². The lowest BCUT2D eigenvalue weighted by Gasteiger charge is -2.35. The zero-order valence-corrected chi connectivity index (χ0v) is 18.2. The number of likely N-dealkylation sites (N-methyl/N-ethyl adjacent to an activating group) is 1. The number of rotatable bonds is 7. The molecule has 2 rings (SSSR count). The number of hydrogen-bond acceptors (Lipinski definition) is 4. The summed E-state index contributed by atoms with van der Waals surface area (Å²) in [4.78, 5) is 15.0. The highest BCUT2D eigenvalue weighted by Crippen LogP contribution is 2.17. The van der Waals surface area contributed by atoms with E-state index in [1.54, 1.807) is 29.2 Å². The van der Waals surface area contributed by atoms with Crippen LogP contribution in [0.25, 0.3) is 0 Å². The van der Waals surface area contributed by atoms with Crippen LogP contribution < -0.4 is 10.0 Å². The van der Waals surface area contributed by atoms with Crippen LogP contribution in [0.1, 0.15) is 38.7 Å². The molecule has 1 saturated heterocycles. The van der Waals surface area contributed by atoms with Crippen LogP contribution in [-0.4, -0.2) is 51.4 Å². The van der Waals surface area contributed by atoms with E-state index in [1.807, 2.05) is 27.8 Å². The Balaban J connectivity index is 0.00000364. The fourth-order valence-corrected chi connectivity index (χ4v) is 4.48. The van der Waals surface area contributed by atoms with Gasteiger partial charge < -0.3 is 10.2 Å². The number of benzene rings is 1. The van der Waals surface area contributed by atoms with Crippen LogP contribution in [0.4, 0.5) is 0 Å². The Hall–Kier alpha value is -1.15. The van der Waals surface area contributed by atoms with Crippen molar-refractivity contribution in [1.82, 2.24) is 14.9 Å². The standard InChI is InChI=1S/C19H31N3O3S.ClH/c1-14(2)12-18(19(23)22-11-5-6-16(13-22)20-4)21-26(24,25)17-9-7-15(3)8-10-17;/h7-10,14,16,18,20-21H,5-6,11-13H2,1-4H3;1H. The molecule has 8 heteroatoms. The molecule has 0 bridgehead atoms. The summed E-state index contributed by atoms with van der Waals surface area (Å²) in [5.74, 6) is 0.0730. The van der Waals surface area contributed by atoms with Gasteiger partial charge in [-0.1, -0.05) is 31.5 Å². The van der Waals surface area contributed by atoms with Crippen LogP contribution in [0.5, 0.6) is 0 Å². The molecular formula is C19H32ClN3O3S. The van der Waals surface area contributed by atoms with Gasteiger partial charge in [0, 0.05) is 19.1 Å². The molecule has 0 spiro atoms. The van der Waals surface area contributed by atoms with Gasteiger partial charge in [0.1, 0.15) is 6.04 Å². The van der Waals surface area contributed by atoms with Crippen molar-refractivity contribution in [2.75, 3.05) is 20.1 Å². The molecule has 27 heavy (non-hydrogen) atoms. The molecule has 2 N–H and O–H groups in total. The third kappa shape index (κ3) is 6.75. The molecule has 1 amide bonds. The first-order chi connectivity index (χ1) is 12.2. The maximum absolute atomic E-state index is 13.0. The van der Waals surface area contributed by atoms with Crippen molar-refractivity contribution < 1.29 is 13.2 Å². The molecule has 2 unspecified atom stereocenters.